The number of unbranched alkanes of at least 4 members (excludes halogenated alkanes) is 1. The predicted octanol–water partition coefficient (Wildman–Crippen LogP) is -2.92. The van der Waals surface area contributed by atoms with E-state index in [2.05, 4.69) is 26.3 Å². The lowest BCUT2D eigenvalue weighted by molar-refractivity contribution is -0.137. The van der Waals surface area contributed by atoms with E-state index in [1.165, 1.54) is 12.1 Å². The van der Waals surface area contributed by atoms with Gasteiger partial charge >= 0.3 is 5.97 Å². The van der Waals surface area contributed by atoms with E-state index in [0.717, 1.165) is 5.56 Å². The van der Waals surface area contributed by atoms with Crippen molar-refractivity contribution in [1.29, 1.82) is 0 Å². The number of rotatable bonds is 19. The number of carboxylic acid groups (broad SMARTS) is 1. The number of carbonyl (C=O) groups excluding carboxylic acids is 4. The zero-order valence-electron chi connectivity index (χ0n) is 22.8. The van der Waals surface area contributed by atoms with Gasteiger partial charge in [-0.2, -0.15) is 0 Å². The summed E-state index contributed by atoms with van der Waals surface area (Å²) in [6.45, 7) is -0.670. The summed E-state index contributed by atoms with van der Waals surface area (Å²) in [6.07, 6.45) is 1.18. The van der Waals surface area contributed by atoms with Crippen LogP contribution in [0.1, 0.15) is 44.1 Å². The van der Waals surface area contributed by atoms with Gasteiger partial charge in [0.05, 0.1) is 25.3 Å². The monoisotopic (exact) mass is 579 g/mol. The van der Waals surface area contributed by atoms with Crippen molar-refractivity contribution in [3.05, 3.63) is 29.8 Å². The van der Waals surface area contributed by atoms with Gasteiger partial charge < -0.3 is 54.4 Å². The van der Waals surface area contributed by atoms with Gasteiger partial charge in [0, 0.05) is 13.0 Å². The first-order chi connectivity index (χ1) is 19.4. The molecule has 1 aromatic carbocycles. The summed E-state index contributed by atoms with van der Waals surface area (Å²) >= 11 is 0. The van der Waals surface area contributed by atoms with E-state index in [1.54, 1.807) is 12.1 Å². The van der Waals surface area contributed by atoms with Crippen molar-refractivity contribution in [2.45, 2.75) is 63.2 Å². The van der Waals surface area contributed by atoms with Crippen molar-refractivity contribution in [3.63, 3.8) is 0 Å². The Kier molecular flexibility index (Phi) is 15.8. The van der Waals surface area contributed by atoms with Crippen LogP contribution in [0.15, 0.2) is 29.3 Å². The van der Waals surface area contributed by atoms with Crippen molar-refractivity contribution >= 4 is 35.6 Å². The van der Waals surface area contributed by atoms with Crippen LogP contribution in [0.4, 0.5) is 0 Å². The summed E-state index contributed by atoms with van der Waals surface area (Å²) in [5.74, 6) is -3.40. The maximum atomic E-state index is 12.7. The number of aromatic hydroxyl groups is 1. The lowest BCUT2D eigenvalue weighted by atomic mass is 10.1. The van der Waals surface area contributed by atoms with E-state index in [9.17, 15) is 29.1 Å². The molecule has 4 amide bonds. The molecule has 0 spiro atoms. The molecular weight excluding hydrogens is 538 g/mol. The number of benzene rings is 1. The highest BCUT2D eigenvalue weighted by atomic mass is 16.4. The number of guanidine groups is 1. The molecule has 0 aromatic heterocycles. The number of aliphatic carboxylic acids is 1. The van der Waals surface area contributed by atoms with Crippen LogP contribution in [0.5, 0.6) is 5.75 Å². The molecule has 0 saturated heterocycles. The van der Waals surface area contributed by atoms with Crippen molar-refractivity contribution in [3.8, 4) is 5.75 Å². The molecule has 16 heteroatoms. The zero-order valence-corrected chi connectivity index (χ0v) is 22.8. The minimum atomic E-state index is -1.00. The molecule has 0 unspecified atom stereocenters. The van der Waals surface area contributed by atoms with Crippen LogP contribution in [0.25, 0.3) is 0 Å². The van der Waals surface area contributed by atoms with E-state index >= 15 is 0 Å². The van der Waals surface area contributed by atoms with Gasteiger partial charge in [-0.25, -0.2) is 0 Å². The number of aliphatic imine (C=N–C) groups is 1. The number of phenols is 1. The van der Waals surface area contributed by atoms with Gasteiger partial charge in [0.1, 0.15) is 11.8 Å². The first kappa shape index (κ1) is 34.6. The third kappa shape index (κ3) is 16.3. The molecule has 0 aliphatic carbocycles. The summed E-state index contributed by atoms with van der Waals surface area (Å²) in [7, 11) is 0. The lowest BCUT2D eigenvalue weighted by Gasteiger charge is -2.21. The number of nitrogens with zero attached hydrogens (tertiary/aromatic N) is 1. The van der Waals surface area contributed by atoms with E-state index < -0.39 is 60.9 Å². The molecular formula is C25H41N9O7. The first-order valence-electron chi connectivity index (χ1n) is 13.1. The number of nitrogens with one attached hydrogen (secondary N) is 4. The highest BCUT2D eigenvalue weighted by Crippen LogP contribution is 2.11. The third-order valence-corrected chi connectivity index (χ3v) is 5.68. The standard InChI is InChI=1S/C25H41N9O7/c26-17(12-15-7-9-16(35)10-8-15)23(40)32-13-20(36)31-14-21(37)33-18(4-3-11-30-25(28)29)24(41)34-19(27)5-1-2-6-22(38)39/h7-10,17-19,35H,1-6,11-14,26-27H2,(H,31,36)(H,32,40)(H,33,37)(H,34,41)(H,38,39)(H4,28,29,30)/t17-,18-,19-/m0/s1. The molecule has 3 atom stereocenters. The van der Waals surface area contributed by atoms with Crippen LogP contribution in [-0.4, -0.2) is 83.7 Å². The number of hydrogen-bond donors (Lipinski definition) is 10. The van der Waals surface area contributed by atoms with E-state index in [-0.39, 0.29) is 37.5 Å². The molecule has 0 heterocycles. The molecule has 1 aromatic rings. The maximum absolute atomic E-state index is 12.7. The molecule has 0 aliphatic heterocycles. The number of carboxylic acids is 1. The van der Waals surface area contributed by atoms with E-state index in [1.807, 2.05) is 0 Å². The molecule has 0 aliphatic rings. The summed E-state index contributed by atoms with van der Waals surface area (Å²) in [5.41, 5.74) is 23.1. The van der Waals surface area contributed by atoms with Crippen LogP contribution in [0.2, 0.25) is 0 Å². The van der Waals surface area contributed by atoms with Crippen LogP contribution in [0.3, 0.4) is 0 Å². The Bertz CT molecular complexity index is 1050. The van der Waals surface area contributed by atoms with E-state index in [4.69, 9.17) is 28.0 Å². The Morgan fingerprint density at radius 3 is 2.12 bits per heavy atom. The van der Waals surface area contributed by atoms with Gasteiger partial charge in [-0.05, 0) is 56.2 Å². The highest BCUT2D eigenvalue weighted by molar-refractivity contribution is 5.91. The fraction of sp³-hybridized carbons (Fsp3) is 0.520. The fourth-order valence-electron chi connectivity index (χ4n) is 3.53. The number of amides is 4. The Balaban J connectivity index is 2.52. The van der Waals surface area contributed by atoms with Gasteiger partial charge in [-0.15, -0.1) is 0 Å². The first-order valence-corrected chi connectivity index (χ1v) is 13.1. The van der Waals surface area contributed by atoms with E-state index in [0.29, 0.717) is 25.7 Å². The van der Waals surface area contributed by atoms with Gasteiger partial charge in [-0.3, -0.25) is 29.0 Å². The molecule has 0 saturated carbocycles. The number of phenolic OH excluding ortho intramolecular Hbond substituents is 1. The topological polar surface area (TPSA) is 290 Å². The van der Waals surface area contributed by atoms with Crippen LogP contribution >= 0.6 is 0 Å². The molecule has 228 valence electrons. The number of nitrogens with two attached hydrogens (primary N) is 4. The van der Waals surface area contributed by atoms with Crippen molar-refractivity contribution in [2.75, 3.05) is 19.6 Å². The van der Waals surface area contributed by atoms with Crippen LogP contribution in [-0.2, 0) is 30.4 Å². The van der Waals surface area contributed by atoms with Crippen molar-refractivity contribution < 1.29 is 34.2 Å². The van der Waals surface area contributed by atoms with Crippen molar-refractivity contribution in [2.24, 2.45) is 27.9 Å². The normalized spacial score (nSPS) is 12.7. The summed E-state index contributed by atoms with van der Waals surface area (Å²) < 4.78 is 0. The molecule has 0 fully saturated rings. The molecule has 14 N–H and O–H groups in total. The maximum Gasteiger partial charge on any atom is 0.303 e. The van der Waals surface area contributed by atoms with Crippen LogP contribution in [0, 0.1) is 0 Å². The molecule has 41 heavy (non-hydrogen) atoms. The summed E-state index contributed by atoms with van der Waals surface area (Å²) in [5, 5.41) is 27.9. The molecule has 0 bridgehead atoms. The predicted molar refractivity (Wildman–Crippen MR) is 150 cm³/mol. The minimum Gasteiger partial charge on any atom is -0.508 e. The third-order valence-electron chi connectivity index (χ3n) is 5.68. The quantitative estimate of drug-likeness (QED) is 0.0342. The Morgan fingerprint density at radius 2 is 1.49 bits per heavy atom. The smallest absolute Gasteiger partial charge is 0.303 e. The average molecular weight is 580 g/mol. The number of hydrogen-bond acceptors (Lipinski definition) is 9. The average Bonchev–Trinajstić information content (AvgIpc) is 2.91. The lowest BCUT2D eigenvalue weighted by Crippen LogP contribution is -2.53. The fourth-order valence-corrected chi connectivity index (χ4v) is 3.53. The Labute approximate surface area is 237 Å². The van der Waals surface area contributed by atoms with Gasteiger partial charge in [0.2, 0.25) is 23.6 Å². The second-order valence-electron chi connectivity index (χ2n) is 9.30. The number of carbonyl (C=O) groups is 5. The second-order valence-corrected chi connectivity index (χ2v) is 9.30. The summed E-state index contributed by atoms with van der Waals surface area (Å²) in [4.78, 5) is 64.0. The van der Waals surface area contributed by atoms with Gasteiger partial charge in [0.25, 0.3) is 0 Å². The Morgan fingerprint density at radius 1 is 0.829 bits per heavy atom. The molecule has 16 nitrogen and oxygen atoms in total. The van der Waals surface area contributed by atoms with Gasteiger partial charge in [-0.1, -0.05) is 12.1 Å². The second kappa shape index (κ2) is 18.8. The SMILES string of the molecule is NC(N)=NCCC[C@H](NC(=O)CNC(=O)CNC(=O)[C@@H](N)Cc1ccc(O)cc1)C(=O)N[C@H](N)CCCCC(=O)O. The zero-order chi connectivity index (χ0) is 30.8. The largest absolute Gasteiger partial charge is 0.508 e. The summed E-state index contributed by atoms with van der Waals surface area (Å²) in [6, 6.07) is 4.25. The van der Waals surface area contributed by atoms with Crippen molar-refractivity contribution in [1.82, 2.24) is 21.3 Å². The molecule has 1 rings (SSSR count). The van der Waals surface area contributed by atoms with Gasteiger partial charge in [0.15, 0.2) is 5.96 Å². The minimum absolute atomic E-state index is 0.00779. The molecule has 0 radical (unpaired) electrons. The van der Waals surface area contributed by atoms with Crippen LogP contribution < -0.4 is 44.2 Å². The highest BCUT2D eigenvalue weighted by Gasteiger charge is 2.22. The Hall–Kier alpha value is -4.44.